The quantitative estimate of drug-likeness (QED) is 0.544. The molecule has 8 nitrogen and oxygen atoms in total. The van der Waals surface area contributed by atoms with Crippen LogP contribution in [0.3, 0.4) is 0 Å². The van der Waals surface area contributed by atoms with Gasteiger partial charge < -0.3 is 14.5 Å². The van der Waals surface area contributed by atoms with E-state index in [2.05, 4.69) is 0 Å². The fourth-order valence-electron chi connectivity index (χ4n) is 2.71. The maximum Gasteiger partial charge on any atom is 0.421 e. The molecule has 1 rings (SSSR count). The van der Waals surface area contributed by atoms with Crippen molar-refractivity contribution in [1.82, 2.24) is 9.96 Å². The number of amides is 2. The Balaban J connectivity index is 2.72. The Hall–Kier alpha value is -2.12. The van der Waals surface area contributed by atoms with Crippen molar-refractivity contribution in [2.75, 3.05) is 13.2 Å². The zero-order valence-corrected chi connectivity index (χ0v) is 15.1. The van der Waals surface area contributed by atoms with Gasteiger partial charge in [0.2, 0.25) is 0 Å². The van der Waals surface area contributed by atoms with E-state index in [9.17, 15) is 19.2 Å². The van der Waals surface area contributed by atoms with Crippen LogP contribution in [-0.4, -0.2) is 59.0 Å². The minimum atomic E-state index is -1.09. The van der Waals surface area contributed by atoms with Crippen molar-refractivity contribution in [3.63, 3.8) is 0 Å². The number of rotatable bonds is 5. The second-order valence-corrected chi connectivity index (χ2v) is 6.98. The van der Waals surface area contributed by atoms with Crippen molar-refractivity contribution >= 4 is 23.8 Å². The Labute approximate surface area is 142 Å². The van der Waals surface area contributed by atoms with E-state index in [1.54, 1.807) is 34.6 Å². The third kappa shape index (κ3) is 4.94. The summed E-state index contributed by atoms with van der Waals surface area (Å²) in [6, 6.07) is -0.345. The minimum absolute atomic E-state index is 0.0418. The molecule has 1 saturated heterocycles. The van der Waals surface area contributed by atoms with Gasteiger partial charge in [-0.15, -0.1) is 0 Å². The summed E-state index contributed by atoms with van der Waals surface area (Å²) in [4.78, 5) is 53.6. The summed E-state index contributed by atoms with van der Waals surface area (Å²) >= 11 is 0. The van der Waals surface area contributed by atoms with Crippen molar-refractivity contribution < 1.29 is 28.8 Å². The van der Waals surface area contributed by atoms with Crippen molar-refractivity contribution in [1.29, 1.82) is 0 Å². The molecule has 2 amide bonds. The van der Waals surface area contributed by atoms with E-state index in [4.69, 9.17) is 9.57 Å². The number of hydrogen-bond donors (Lipinski definition) is 0. The molecule has 0 N–H and O–H groups in total. The second kappa shape index (κ2) is 7.63. The Morgan fingerprint density at radius 2 is 1.75 bits per heavy atom. The van der Waals surface area contributed by atoms with E-state index in [1.807, 2.05) is 0 Å². The molecule has 1 fully saturated rings. The maximum absolute atomic E-state index is 12.2. The first-order chi connectivity index (χ1) is 11.0. The molecule has 0 radical (unpaired) electrons. The van der Waals surface area contributed by atoms with Crippen LogP contribution in [0.1, 0.15) is 48.0 Å². The molecule has 136 valence electrons. The van der Waals surface area contributed by atoms with Gasteiger partial charge >= 0.3 is 17.8 Å². The highest BCUT2D eigenvalue weighted by Crippen LogP contribution is 2.31. The summed E-state index contributed by atoms with van der Waals surface area (Å²) in [6.07, 6.45) is 0.0693. The number of carbonyl (C=O) groups is 4. The lowest BCUT2D eigenvalue weighted by Crippen LogP contribution is -2.47. The summed E-state index contributed by atoms with van der Waals surface area (Å²) < 4.78 is 4.95. The van der Waals surface area contributed by atoms with E-state index in [-0.39, 0.29) is 31.7 Å². The van der Waals surface area contributed by atoms with Crippen LogP contribution < -0.4 is 0 Å². The molecule has 8 heteroatoms. The van der Waals surface area contributed by atoms with Gasteiger partial charge in [-0.25, -0.2) is 4.79 Å². The highest BCUT2D eigenvalue weighted by atomic mass is 16.7. The zero-order valence-electron chi connectivity index (χ0n) is 15.1. The summed E-state index contributed by atoms with van der Waals surface area (Å²) in [7, 11) is 0. The molecular formula is C16H26N2O6. The molecule has 1 heterocycles. The Kier molecular flexibility index (Phi) is 6.34. The SMILES string of the molecule is CC(=O)OCC1(C)CC(=O)N(OC(=O)C(=O)N(C(C)C)C(C)C)C1. The number of esters is 1. The second-order valence-electron chi connectivity index (χ2n) is 6.98. The Morgan fingerprint density at radius 1 is 1.21 bits per heavy atom. The fourth-order valence-corrected chi connectivity index (χ4v) is 2.71. The lowest BCUT2D eigenvalue weighted by atomic mass is 9.91. The average Bonchev–Trinajstić information content (AvgIpc) is 2.71. The molecule has 0 aromatic heterocycles. The van der Waals surface area contributed by atoms with Crippen LogP contribution in [0, 0.1) is 5.41 Å². The van der Waals surface area contributed by atoms with Crippen LogP contribution in [0.15, 0.2) is 0 Å². The zero-order chi connectivity index (χ0) is 18.7. The van der Waals surface area contributed by atoms with Gasteiger partial charge in [0, 0.05) is 30.8 Å². The van der Waals surface area contributed by atoms with Crippen molar-refractivity contribution in [2.45, 2.75) is 60.0 Å². The van der Waals surface area contributed by atoms with Crippen molar-refractivity contribution in [3.05, 3.63) is 0 Å². The van der Waals surface area contributed by atoms with Crippen molar-refractivity contribution in [2.24, 2.45) is 5.41 Å². The third-order valence-corrected chi connectivity index (χ3v) is 3.72. The lowest BCUT2D eigenvalue weighted by molar-refractivity contribution is -0.198. The summed E-state index contributed by atoms with van der Waals surface area (Å²) in [5.74, 6) is -2.76. The average molecular weight is 342 g/mol. The van der Waals surface area contributed by atoms with Crippen LogP contribution in [0.25, 0.3) is 0 Å². The molecular weight excluding hydrogens is 316 g/mol. The van der Waals surface area contributed by atoms with Crippen LogP contribution in [-0.2, 0) is 28.8 Å². The van der Waals surface area contributed by atoms with Crippen LogP contribution >= 0.6 is 0 Å². The van der Waals surface area contributed by atoms with Gasteiger partial charge in [0.05, 0.1) is 13.2 Å². The molecule has 1 unspecified atom stereocenters. The van der Waals surface area contributed by atoms with Gasteiger partial charge in [-0.2, -0.15) is 5.06 Å². The molecule has 0 aromatic rings. The van der Waals surface area contributed by atoms with Gasteiger partial charge in [0.1, 0.15) is 0 Å². The van der Waals surface area contributed by atoms with E-state index >= 15 is 0 Å². The standard InChI is InChI=1S/C16H26N2O6/c1-10(2)18(11(3)4)14(21)15(22)24-17-8-16(6,7-13(17)20)9-23-12(5)19/h10-11H,7-9H2,1-6H3. The first kappa shape index (κ1) is 19.9. The van der Waals surface area contributed by atoms with E-state index in [1.165, 1.54) is 11.8 Å². The number of hydroxylamine groups is 2. The molecule has 1 aliphatic heterocycles. The normalized spacial score (nSPS) is 20.5. The Bertz CT molecular complexity index is 523. The number of nitrogens with zero attached hydrogens (tertiary/aromatic N) is 2. The van der Waals surface area contributed by atoms with Crippen LogP contribution in [0.4, 0.5) is 0 Å². The molecule has 1 atom stereocenters. The molecule has 0 spiro atoms. The van der Waals surface area contributed by atoms with Crippen molar-refractivity contribution in [3.8, 4) is 0 Å². The Morgan fingerprint density at radius 3 is 2.21 bits per heavy atom. The van der Waals surface area contributed by atoms with Gasteiger partial charge in [-0.3, -0.25) is 14.4 Å². The van der Waals surface area contributed by atoms with E-state index in [0.29, 0.717) is 0 Å². The topological polar surface area (TPSA) is 93.2 Å². The molecule has 0 aliphatic carbocycles. The number of ether oxygens (including phenoxy) is 1. The predicted molar refractivity (Wildman–Crippen MR) is 84.3 cm³/mol. The highest BCUT2D eigenvalue weighted by molar-refractivity contribution is 6.32. The molecule has 0 saturated carbocycles. The van der Waals surface area contributed by atoms with E-state index < -0.39 is 29.2 Å². The third-order valence-electron chi connectivity index (χ3n) is 3.72. The van der Waals surface area contributed by atoms with Gasteiger partial charge in [0.15, 0.2) is 0 Å². The summed E-state index contributed by atoms with van der Waals surface area (Å²) in [6.45, 7) is 10.3. The monoisotopic (exact) mass is 342 g/mol. The summed E-state index contributed by atoms with van der Waals surface area (Å²) in [5, 5.41) is 0.878. The van der Waals surface area contributed by atoms with Gasteiger partial charge in [-0.05, 0) is 27.7 Å². The predicted octanol–water partition coefficient (Wildman–Crippen LogP) is 0.892. The smallest absolute Gasteiger partial charge is 0.421 e. The number of hydrogen-bond acceptors (Lipinski definition) is 6. The van der Waals surface area contributed by atoms with Crippen LogP contribution in [0.5, 0.6) is 0 Å². The highest BCUT2D eigenvalue weighted by Gasteiger charge is 2.43. The molecule has 0 aromatic carbocycles. The molecule has 0 bridgehead atoms. The van der Waals surface area contributed by atoms with Crippen LogP contribution in [0.2, 0.25) is 0 Å². The maximum atomic E-state index is 12.2. The minimum Gasteiger partial charge on any atom is -0.465 e. The van der Waals surface area contributed by atoms with E-state index in [0.717, 1.165) is 5.06 Å². The molecule has 24 heavy (non-hydrogen) atoms. The first-order valence-corrected chi connectivity index (χ1v) is 7.95. The van der Waals surface area contributed by atoms with Gasteiger partial charge in [0.25, 0.3) is 5.91 Å². The fraction of sp³-hybridized carbons (Fsp3) is 0.750. The first-order valence-electron chi connectivity index (χ1n) is 7.95. The number of carbonyl (C=O) groups excluding carboxylic acids is 4. The summed E-state index contributed by atoms with van der Waals surface area (Å²) in [5.41, 5.74) is -0.651. The van der Waals surface area contributed by atoms with Gasteiger partial charge in [-0.1, -0.05) is 6.92 Å². The largest absolute Gasteiger partial charge is 0.465 e. The molecule has 1 aliphatic rings. The lowest BCUT2D eigenvalue weighted by Gasteiger charge is -2.30.